The quantitative estimate of drug-likeness (QED) is 0.366. The van der Waals surface area contributed by atoms with Crippen molar-refractivity contribution in [3.8, 4) is 0 Å². The van der Waals surface area contributed by atoms with E-state index < -0.39 is 5.91 Å². The van der Waals surface area contributed by atoms with Gasteiger partial charge in [0.25, 0.3) is 11.8 Å². The van der Waals surface area contributed by atoms with E-state index in [1.165, 1.54) is 0 Å². The lowest BCUT2D eigenvalue weighted by Gasteiger charge is -2.10. The van der Waals surface area contributed by atoms with E-state index in [-0.39, 0.29) is 5.91 Å². The standard InChI is InChI=1S/C25H28N4O2/c1-3-14-26-15-9-16-29-17(2)21(19-12-7-8-13-20(19)29)22-23(25(31)28-24(22)30)27-18-10-5-4-6-11-18/h4-8,10-13,26H,3,9,14-16H2,1-2H3,(H2,27,28,30,31). The van der Waals surface area contributed by atoms with Crippen LogP contribution in [0.3, 0.4) is 0 Å². The fourth-order valence-corrected chi connectivity index (χ4v) is 4.18. The maximum Gasteiger partial charge on any atom is 0.275 e. The summed E-state index contributed by atoms with van der Waals surface area (Å²) in [5, 5.41) is 10.1. The zero-order valence-electron chi connectivity index (χ0n) is 18.0. The molecule has 0 fully saturated rings. The molecule has 160 valence electrons. The number of carbonyl (C=O) groups excluding carboxylic acids is 2. The molecule has 1 aliphatic heterocycles. The van der Waals surface area contributed by atoms with Crippen LogP contribution in [-0.4, -0.2) is 29.5 Å². The molecular weight excluding hydrogens is 388 g/mol. The lowest BCUT2D eigenvalue weighted by Crippen LogP contribution is -2.24. The molecule has 0 bridgehead atoms. The largest absolute Gasteiger partial charge is 0.350 e. The molecule has 3 aromatic rings. The summed E-state index contributed by atoms with van der Waals surface area (Å²) in [6, 6.07) is 17.5. The fraction of sp³-hybridized carbons (Fsp3) is 0.280. The van der Waals surface area contributed by atoms with Crippen molar-refractivity contribution < 1.29 is 9.59 Å². The van der Waals surface area contributed by atoms with E-state index in [0.717, 1.165) is 60.3 Å². The SMILES string of the molecule is CCCNCCCn1c(C)c(C2=C(Nc3ccccc3)C(=O)NC2=O)c2ccccc21. The zero-order chi connectivity index (χ0) is 21.8. The summed E-state index contributed by atoms with van der Waals surface area (Å²) < 4.78 is 2.25. The summed E-state index contributed by atoms with van der Waals surface area (Å²) in [6.45, 7) is 6.98. The van der Waals surface area contributed by atoms with Crippen molar-refractivity contribution in [2.24, 2.45) is 0 Å². The molecule has 2 heterocycles. The molecule has 0 radical (unpaired) electrons. The van der Waals surface area contributed by atoms with Crippen LogP contribution in [0.15, 0.2) is 60.3 Å². The first kappa shape index (κ1) is 20.9. The van der Waals surface area contributed by atoms with Crippen LogP contribution in [0.25, 0.3) is 16.5 Å². The number of amides is 2. The van der Waals surface area contributed by atoms with E-state index >= 15 is 0 Å². The van der Waals surface area contributed by atoms with Crippen LogP contribution in [0.5, 0.6) is 0 Å². The summed E-state index contributed by atoms with van der Waals surface area (Å²) in [5.41, 5.74) is 4.35. The Bertz CT molecular complexity index is 1150. The van der Waals surface area contributed by atoms with Crippen molar-refractivity contribution in [3.05, 3.63) is 71.6 Å². The van der Waals surface area contributed by atoms with E-state index in [1.54, 1.807) is 0 Å². The molecule has 0 unspecified atom stereocenters. The van der Waals surface area contributed by atoms with Crippen molar-refractivity contribution in [1.82, 2.24) is 15.2 Å². The number of nitrogens with one attached hydrogen (secondary N) is 3. The van der Waals surface area contributed by atoms with Crippen LogP contribution in [0, 0.1) is 6.92 Å². The van der Waals surface area contributed by atoms with Crippen molar-refractivity contribution >= 4 is 34.0 Å². The fourth-order valence-electron chi connectivity index (χ4n) is 4.18. The molecule has 6 heteroatoms. The Morgan fingerprint density at radius 2 is 1.68 bits per heavy atom. The summed E-state index contributed by atoms with van der Waals surface area (Å²) in [6.07, 6.45) is 2.10. The molecule has 31 heavy (non-hydrogen) atoms. The first-order chi connectivity index (χ1) is 15.1. The number of nitrogens with zero attached hydrogens (tertiary/aromatic N) is 1. The number of anilines is 1. The molecule has 2 aromatic carbocycles. The van der Waals surface area contributed by atoms with E-state index in [4.69, 9.17) is 0 Å². The number of aromatic nitrogens is 1. The molecule has 3 N–H and O–H groups in total. The minimum absolute atomic E-state index is 0.298. The van der Waals surface area contributed by atoms with Gasteiger partial charge in [0.15, 0.2) is 0 Å². The van der Waals surface area contributed by atoms with Crippen LogP contribution in [-0.2, 0) is 16.1 Å². The molecular formula is C25H28N4O2. The molecule has 1 aliphatic rings. The molecule has 0 saturated carbocycles. The predicted molar refractivity (Wildman–Crippen MR) is 125 cm³/mol. The Hall–Kier alpha value is -3.38. The first-order valence-electron chi connectivity index (χ1n) is 10.8. The number of rotatable bonds is 9. The summed E-state index contributed by atoms with van der Waals surface area (Å²) in [7, 11) is 0. The first-order valence-corrected chi connectivity index (χ1v) is 10.8. The number of fused-ring (bicyclic) bond motifs is 1. The number of benzene rings is 2. The predicted octanol–water partition coefficient (Wildman–Crippen LogP) is 3.82. The molecule has 1 aromatic heterocycles. The maximum atomic E-state index is 12.9. The molecule has 0 aliphatic carbocycles. The lowest BCUT2D eigenvalue weighted by molar-refractivity contribution is -0.123. The Morgan fingerprint density at radius 3 is 2.45 bits per heavy atom. The Labute approximate surface area is 182 Å². The molecule has 0 saturated heterocycles. The van der Waals surface area contributed by atoms with Gasteiger partial charge in [-0.1, -0.05) is 43.3 Å². The second-order valence-electron chi connectivity index (χ2n) is 7.76. The van der Waals surface area contributed by atoms with Crippen LogP contribution < -0.4 is 16.0 Å². The second kappa shape index (κ2) is 9.18. The van der Waals surface area contributed by atoms with Crippen LogP contribution in [0.1, 0.15) is 31.0 Å². The second-order valence-corrected chi connectivity index (χ2v) is 7.76. The normalized spacial score (nSPS) is 13.9. The minimum Gasteiger partial charge on any atom is -0.350 e. The van der Waals surface area contributed by atoms with Crippen molar-refractivity contribution in [2.45, 2.75) is 33.2 Å². The zero-order valence-corrected chi connectivity index (χ0v) is 18.0. The van der Waals surface area contributed by atoms with Gasteiger partial charge in [-0.3, -0.25) is 14.9 Å². The van der Waals surface area contributed by atoms with Crippen LogP contribution in [0.4, 0.5) is 5.69 Å². The molecule has 4 rings (SSSR count). The van der Waals surface area contributed by atoms with E-state index in [0.29, 0.717) is 11.3 Å². The van der Waals surface area contributed by atoms with Gasteiger partial charge in [0.1, 0.15) is 5.70 Å². The molecule has 2 amide bonds. The average molecular weight is 417 g/mol. The van der Waals surface area contributed by atoms with Gasteiger partial charge in [0, 0.05) is 34.4 Å². The van der Waals surface area contributed by atoms with Gasteiger partial charge >= 0.3 is 0 Å². The van der Waals surface area contributed by atoms with Gasteiger partial charge in [-0.15, -0.1) is 0 Å². The third-order valence-corrected chi connectivity index (χ3v) is 5.62. The lowest BCUT2D eigenvalue weighted by atomic mass is 10.0. The Kier molecular flexibility index (Phi) is 6.18. The highest BCUT2D eigenvalue weighted by molar-refractivity contribution is 6.38. The van der Waals surface area contributed by atoms with E-state index in [2.05, 4.69) is 33.5 Å². The smallest absolute Gasteiger partial charge is 0.275 e. The maximum absolute atomic E-state index is 12.9. The number of para-hydroxylation sites is 2. The summed E-state index contributed by atoms with van der Waals surface area (Å²) in [5.74, 6) is -0.761. The minimum atomic E-state index is -0.399. The average Bonchev–Trinajstić information content (AvgIpc) is 3.20. The summed E-state index contributed by atoms with van der Waals surface area (Å²) in [4.78, 5) is 25.5. The number of carbonyl (C=O) groups is 2. The van der Waals surface area contributed by atoms with E-state index in [1.807, 2.05) is 55.5 Å². The topological polar surface area (TPSA) is 75.2 Å². The van der Waals surface area contributed by atoms with Crippen molar-refractivity contribution in [2.75, 3.05) is 18.4 Å². The molecule has 6 nitrogen and oxygen atoms in total. The van der Waals surface area contributed by atoms with Crippen molar-refractivity contribution in [1.29, 1.82) is 0 Å². The summed E-state index contributed by atoms with van der Waals surface area (Å²) >= 11 is 0. The highest BCUT2D eigenvalue weighted by Crippen LogP contribution is 2.35. The third kappa shape index (κ3) is 4.11. The third-order valence-electron chi connectivity index (χ3n) is 5.62. The van der Waals surface area contributed by atoms with Gasteiger partial charge in [-0.25, -0.2) is 0 Å². The highest BCUT2D eigenvalue weighted by atomic mass is 16.2. The van der Waals surface area contributed by atoms with Gasteiger partial charge in [-0.05, 0) is 51.1 Å². The van der Waals surface area contributed by atoms with E-state index in [9.17, 15) is 9.59 Å². The van der Waals surface area contributed by atoms with Crippen LogP contribution in [0.2, 0.25) is 0 Å². The van der Waals surface area contributed by atoms with Gasteiger partial charge in [0.05, 0.1) is 5.57 Å². The highest BCUT2D eigenvalue weighted by Gasteiger charge is 2.34. The number of imide groups is 1. The molecule has 0 atom stereocenters. The number of aryl methyl sites for hydroxylation is 1. The monoisotopic (exact) mass is 416 g/mol. The number of hydrogen-bond acceptors (Lipinski definition) is 4. The van der Waals surface area contributed by atoms with Gasteiger partial charge < -0.3 is 15.2 Å². The number of hydrogen-bond donors (Lipinski definition) is 3. The molecule has 0 spiro atoms. The van der Waals surface area contributed by atoms with Crippen LogP contribution >= 0.6 is 0 Å². The van der Waals surface area contributed by atoms with Gasteiger partial charge in [0.2, 0.25) is 0 Å². The Balaban J connectivity index is 1.77. The van der Waals surface area contributed by atoms with Crippen molar-refractivity contribution in [3.63, 3.8) is 0 Å². The Morgan fingerprint density at radius 1 is 0.935 bits per heavy atom. The van der Waals surface area contributed by atoms with Gasteiger partial charge in [-0.2, -0.15) is 0 Å².